The van der Waals surface area contributed by atoms with Crippen LogP contribution in [0.2, 0.25) is 0 Å². The zero-order chi connectivity index (χ0) is 19.3. The van der Waals surface area contributed by atoms with Gasteiger partial charge in [0.2, 0.25) is 0 Å². The first-order chi connectivity index (χ1) is 12.3. The van der Waals surface area contributed by atoms with E-state index < -0.39 is 0 Å². The molecule has 2 rings (SSSR count). The van der Waals surface area contributed by atoms with Crippen LogP contribution in [0, 0.1) is 17.3 Å². The van der Waals surface area contributed by atoms with Crippen molar-refractivity contribution in [2.75, 3.05) is 6.61 Å². The molecule has 0 N–H and O–H groups in total. The van der Waals surface area contributed by atoms with Crippen LogP contribution in [0.25, 0.3) is 0 Å². The number of carbonyl (C=O) groups is 2. The smallest absolute Gasteiger partial charge is 0.338 e. The minimum Gasteiger partial charge on any atom is -0.462 e. The predicted molar refractivity (Wildman–Crippen MR) is 102 cm³/mol. The summed E-state index contributed by atoms with van der Waals surface area (Å²) in [5.41, 5.74) is 2.44. The predicted octanol–water partition coefficient (Wildman–Crippen LogP) is 4.93. The number of rotatable bonds is 8. The largest absolute Gasteiger partial charge is 0.462 e. The molecule has 0 aliphatic heterocycles. The van der Waals surface area contributed by atoms with E-state index in [1.54, 1.807) is 18.2 Å². The van der Waals surface area contributed by atoms with Crippen LogP contribution in [0.4, 0.5) is 0 Å². The Balaban J connectivity index is 1.92. The van der Waals surface area contributed by atoms with E-state index in [0.29, 0.717) is 12.2 Å². The molecule has 142 valence electrons. The van der Waals surface area contributed by atoms with E-state index in [9.17, 15) is 9.59 Å². The van der Waals surface area contributed by atoms with Gasteiger partial charge in [-0.15, -0.1) is 0 Å². The van der Waals surface area contributed by atoms with Crippen molar-refractivity contribution in [1.29, 1.82) is 0 Å². The SMILES string of the molecule is CCCCOC(=O)c1cccc(COC(=O)[C@@H]2[C@@H](C=C(C)C)C2(C)C)c1. The van der Waals surface area contributed by atoms with Crippen molar-refractivity contribution in [3.05, 3.63) is 47.0 Å². The molecule has 2 atom stereocenters. The molecule has 1 aliphatic rings. The van der Waals surface area contributed by atoms with E-state index in [0.717, 1.165) is 18.4 Å². The molecule has 0 saturated heterocycles. The topological polar surface area (TPSA) is 52.6 Å². The number of allylic oxidation sites excluding steroid dienone is 2. The third kappa shape index (κ3) is 4.96. The van der Waals surface area contributed by atoms with Crippen LogP contribution in [0.3, 0.4) is 0 Å². The molecule has 0 heterocycles. The van der Waals surface area contributed by atoms with Crippen LogP contribution in [0.15, 0.2) is 35.9 Å². The minimum absolute atomic E-state index is 0.0563. The molecule has 26 heavy (non-hydrogen) atoms. The Morgan fingerprint density at radius 2 is 1.92 bits per heavy atom. The molecule has 1 saturated carbocycles. The summed E-state index contributed by atoms with van der Waals surface area (Å²) in [4.78, 5) is 24.5. The van der Waals surface area contributed by atoms with Gasteiger partial charge in [-0.3, -0.25) is 4.79 Å². The third-order valence-corrected chi connectivity index (χ3v) is 4.95. The number of hydrogen-bond donors (Lipinski definition) is 0. The lowest BCUT2D eigenvalue weighted by atomic mass is 10.1. The van der Waals surface area contributed by atoms with E-state index >= 15 is 0 Å². The fourth-order valence-corrected chi connectivity index (χ4v) is 3.22. The van der Waals surface area contributed by atoms with Gasteiger partial charge in [-0.2, -0.15) is 0 Å². The lowest BCUT2D eigenvalue weighted by Crippen LogP contribution is -2.11. The maximum absolute atomic E-state index is 12.4. The minimum atomic E-state index is -0.335. The summed E-state index contributed by atoms with van der Waals surface area (Å²) >= 11 is 0. The van der Waals surface area contributed by atoms with Crippen molar-refractivity contribution in [2.45, 2.75) is 54.1 Å². The number of unbranched alkanes of at least 4 members (excludes halogenated alkanes) is 1. The van der Waals surface area contributed by atoms with Crippen molar-refractivity contribution in [2.24, 2.45) is 17.3 Å². The monoisotopic (exact) mass is 358 g/mol. The van der Waals surface area contributed by atoms with Gasteiger partial charge in [0.15, 0.2) is 0 Å². The van der Waals surface area contributed by atoms with Gasteiger partial charge in [0.1, 0.15) is 6.61 Å². The van der Waals surface area contributed by atoms with Gasteiger partial charge in [0.05, 0.1) is 18.1 Å². The number of benzene rings is 1. The van der Waals surface area contributed by atoms with Crippen LogP contribution >= 0.6 is 0 Å². The number of hydrogen-bond acceptors (Lipinski definition) is 4. The van der Waals surface area contributed by atoms with E-state index in [1.165, 1.54) is 5.57 Å². The maximum atomic E-state index is 12.4. The highest BCUT2D eigenvalue weighted by Gasteiger charge is 2.61. The van der Waals surface area contributed by atoms with Crippen LogP contribution < -0.4 is 0 Å². The van der Waals surface area contributed by atoms with Crippen molar-refractivity contribution < 1.29 is 19.1 Å². The van der Waals surface area contributed by atoms with E-state index in [-0.39, 0.29) is 35.8 Å². The second-order valence-corrected chi connectivity index (χ2v) is 7.87. The number of carbonyl (C=O) groups excluding carboxylic acids is 2. The summed E-state index contributed by atoms with van der Waals surface area (Å²) in [5, 5.41) is 0. The van der Waals surface area contributed by atoms with Gasteiger partial charge < -0.3 is 9.47 Å². The molecule has 0 bridgehead atoms. The Hall–Kier alpha value is -2.10. The van der Waals surface area contributed by atoms with Gasteiger partial charge in [-0.05, 0) is 49.3 Å². The van der Waals surface area contributed by atoms with Crippen molar-refractivity contribution >= 4 is 11.9 Å². The molecule has 1 fully saturated rings. The molecule has 4 heteroatoms. The summed E-state index contributed by atoms with van der Waals surface area (Å²) in [7, 11) is 0. The molecule has 1 aliphatic carbocycles. The Morgan fingerprint density at radius 3 is 2.58 bits per heavy atom. The fourth-order valence-electron chi connectivity index (χ4n) is 3.22. The molecule has 0 spiro atoms. The normalized spacial score (nSPS) is 20.2. The highest BCUT2D eigenvalue weighted by molar-refractivity contribution is 5.89. The highest BCUT2D eigenvalue weighted by atomic mass is 16.5. The number of esters is 2. The van der Waals surface area contributed by atoms with Crippen molar-refractivity contribution in [3.63, 3.8) is 0 Å². The van der Waals surface area contributed by atoms with Crippen LogP contribution in [-0.2, 0) is 20.9 Å². The summed E-state index contributed by atoms with van der Waals surface area (Å²) in [6.07, 6.45) is 3.99. The maximum Gasteiger partial charge on any atom is 0.338 e. The second kappa shape index (κ2) is 8.52. The lowest BCUT2D eigenvalue weighted by Gasteiger charge is -2.08. The number of ether oxygens (including phenoxy) is 2. The standard InChI is InChI=1S/C22H30O4/c1-6-7-11-25-20(23)17-10-8-9-16(13-17)14-26-21(24)19-18(12-15(2)3)22(19,4)5/h8-10,12-13,18-19H,6-7,11,14H2,1-5H3/t18-,19+/m1/s1. The highest BCUT2D eigenvalue weighted by Crippen LogP contribution is 2.59. The first-order valence-corrected chi connectivity index (χ1v) is 9.35. The van der Waals surface area contributed by atoms with E-state index in [1.807, 2.05) is 26.8 Å². The van der Waals surface area contributed by atoms with E-state index in [4.69, 9.17) is 9.47 Å². The quantitative estimate of drug-likeness (QED) is 0.376. The molecule has 1 aromatic rings. The first kappa shape index (κ1) is 20.2. The molecule has 4 nitrogen and oxygen atoms in total. The molecule has 0 aromatic heterocycles. The fraction of sp³-hybridized carbons (Fsp3) is 0.545. The van der Waals surface area contributed by atoms with Crippen LogP contribution in [0.5, 0.6) is 0 Å². The third-order valence-electron chi connectivity index (χ3n) is 4.95. The molecule has 0 amide bonds. The first-order valence-electron chi connectivity index (χ1n) is 9.35. The molecule has 0 radical (unpaired) electrons. The molecular formula is C22H30O4. The molecule has 1 aromatic carbocycles. The van der Waals surface area contributed by atoms with Crippen LogP contribution in [0.1, 0.15) is 63.4 Å². The van der Waals surface area contributed by atoms with E-state index in [2.05, 4.69) is 19.9 Å². The zero-order valence-corrected chi connectivity index (χ0v) is 16.5. The van der Waals surface area contributed by atoms with Crippen molar-refractivity contribution in [3.8, 4) is 0 Å². The Kier molecular flexibility index (Phi) is 6.63. The molecule has 0 unspecified atom stereocenters. The Labute approximate surface area is 156 Å². The van der Waals surface area contributed by atoms with Crippen molar-refractivity contribution in [1.82, 2.24) is 0 Å². The van der Waals surface area contributed by atoms with Gasteiger partial charge in [-0.25, -0.2) is 4.79 Å². The summed E-state index contributed by atoms with van der Waals surface area (Å²) in [6.45, 7) is 10.9. The van der Waals surface area contributed by atoms with Crippen LogP contribution in [-0.4, -0.2) is 18.5 Å². The average Bonchev–Trinajstić information content (AvgIpc) is 3.12. The molecular weight excluding hydrogens is 328 g/mol. The summed E-state index contributed by atoms with van der Waals surface area (Å²) < 4.78 is 10.7. The Morgan fingerprint density at radius 1 is 1.19 bits per heavy atom. The lowest BCUT2D eigenvalue weighted by molar-refractivity contribution is -0.147. The summed E-state index contributed by atoms with van der Waals surface area (Å²) in [5.74, 6) is -0.369. The van der Waals surface area contributed by atoms with Gasteiger partial charge in [0, 0.05) is 0 Å². The van der Waals surface area contributed by atoms with Gasteiger partial charge >= 0.3 is 11.9 Å². The zero-order valence-electron chi connectivity index (χ0n) is 16.5. The average molecular weight is 358 g/mol. The second-order valence-electron chi connectivity index (χ2n) is 7.87. The Bertz CT molecular complexity index is 683. The van der Waals surface area contributed by atoms with Gasteiger partial charge in [0.25, 0.3) is 0 Å². The summed E-state index contributed by atoms with van der Waals surface area (Å²) in [6, 6.07) is 7.08. The van der Waals surface area contributed by atoms with Gasteiger partial charge in [-0.1, -0.05) is 51.0 Å².